The molecule has 4 rings (SSSR count). The Morgan fingerprint density at radius 2 is 1.86 bits per heavy atom. The van der Waals surface area contributed by atoms with Gasteiger partial charge < -0.3 is 10.6 Å². The molecule has 1 aliphatic carbocycles. The zero-order valence-electron chi connectivity index (χ0n) is 17.0. The van der Waals surface area contributed by atoms with Crippen molar-refractivity contribution in [2.45, 2.75) is 57.5 Å². The first-order valence-corrected chi connectivity index (χ1v) is 11.0. The lowest BCUT2D eigenvalue weighted by molar-refractivity contribution is 0.353. The van der Waals surface area contributed by atoms with Crippen LogP contribution < -0.4 is 10.6 Å². The summed E-state index contributed by atoms with van der Waals surface area (Å²) in [6.07, 6.45) is 8.86. The molecule has 152 valence electrons. The van der Waals surface area contributed by atoms with Crippen LogP contribution in [0.5, 0.6) is 0 Å². The number of aryl methyl sites for hydroxylation is 2. The molecule has 1 fully saturated rings. The van der Waals surface area contributed by atoms with E-state index < -0.39 is 0 Å². The van der Waals surface area contributed by atoms with E-state index >= 15 is 0 Å². The SMILES string of the molecule is Cc1cccc(CCCN[C@H]2CC[C@@H](Nc3ccnc4cc(Cl)ccc34)CC2)n1. The Balaban J connectivity index is 1.22. The Labute approximate surface area is 178 Å². The molecule has 1 saturated carbocycles. The summed E-state index contributed by atoms with van der Waals surface area (Å²) in [6.45, 7) is 3.12. The summed E-state index contributed by atoms with van der Waals surface area (Å²) < 4.78 is 0. The van der Waals surface area contributed by atoms with E-state index in [0.29, 0.717) is 12.1 Å². The number of aromatic nitrogens is 2. The lowest BCUT2D eigenvalue weighted by Gasteiger charge is -2.30. The number of anilines is 1. The first kappa shape index (κ1) is 20.1. The molecular weight excluding hydrogens is 380 g/mol. The normalized spacial score (nSPS) is 19.4. The molecule has 0 bridgehead atoms. The van der Waals surface area contributed by atoms with E-state index in [-0.39, 0.29) is 0 Å². The monoisotopic (exact) mass is 408 g/mol. The van der Waals surface area contributed by atoms with Crippen molar-refractivity contribution >= 4 is 28.2 Å². The van der Waals surface area contributed by atoms with Crippen LogP contribution >= 0.6 is 11.6 Å². The molecule has 0 amide bonds. The molecule has 2 N–H and O–H groups in total. The summed E-state index contributed by atoms with van der Waals surface area (Å²) in [5.41, 5.74) is 4.41. The minimum absolute atomic E-state index is 0.519. The number of nitrogens with zero attached hydrogens (tertiary/aromatic N) is 2. The molecule has 2 aromatic heterocycles. The van der Waals surface area contributed by atoms with Crippen molar-refractivity contribution in [1.82, 2.24) is 15.3 Å². The second-order valence-corrected chi connectivity index (χ2v) is 8.48. The van der Waals surface area contributed by atoms with Crippen molar-refractivity contribution in [3.63, 3.8) is 0 Å². The van der Waals surface area contributed by atoms with Gasteiger partial charge in [-0.2, -0.15) is 0 Å². The molecule has 0 unspecified atom stereocenters. The van der Waals surface area contributed by atoms with Crippen LogP contribution in [0.25, 0.3) is 10.9 Å². The highest BCUT2D eigenvalue weighted by Gasteiger charge is 2.21. The first-order chi connectivity index (χ1) is 14.2. The van der Waals surface area contributed by atoms with Crippen molar-refractivity contribution < 1.29 is 0 Å². The second-order valence-electron chi connectivity index (χ2n) is 8.04. The van der Waals surface area contributed by atoms with Crippen molar-refractivity contribution in [3.8, 4) is 0 Å². The van der Waals surface area contributed by atoms with Crippen LogP contribution in [-0.4, -0.2) is 28.6 Å². The average Bonchev–Trinajstić information content (AvgIpc) is 2.72. The van der Waals surface area contributed by atoms with Gasteiger partial charge >= 0.3 is 0 Å². The van der Waals surface area contributed by atoms with E-state index in [0.717, 1.165) is 46.7 Å². The average molecular weight is 409 g/mol. The Bertz CT molecular complexity index is 951. The first-order valence-electron chi connectivity index (χ1n) is 10.6. The maximum Gasteiger partial charge on any atom is 0.0737 e. The lowest BCUT2D eigenvalue weighted by atomic mass is 9.90. The molecule has 1 aromatic carbocycles. The lowest BCUT2D eigenvalue weighted by Crippen LogP contribution is -2.37. The molecular formula is C24H29ClN4. The Morgan fingerprint density at radius 3 is 2.69 bits per heavy atom. The fraction of sp³-hybridized carbons (Fsp3) is 0.417. The highest BCUT2D eigenvalue weighted by atomic mass is 35.5. The van der Waals surface area contributed by atoms with Gasteiger partial charge in [-0.05, 0) is 88.4 Å². The third-order valence-corrected chi connectivity index (χ3v) is 6.02. The third-order valence-electron chi connectivity index (χ3n) is 5.78. The third kappa shape index (κ3) is 5.46. The van der Waals surface area contributed by atoms with E-state index in [4.69, 9.17) is 11.6 Å². The van der Waals surface area contributed by atoms with Crippen LogP contribution in [0.15, 0.2) is 48.7 Å². The maximum absolute atomic E-state index is 6.10. The van der Waals surface area contributed by atoms with Crippen LogP contribution in [0.2, 0.25) is 5.02 Å². The molecule has 1 aliphatic rings. The molecule has 5 heteroatoms. The highest BCUT2D eigenvalue weighted by Crippen LogP contribution is 2.28. The fourth-order valence-corrected chi connectivity index (χ4v) is 4.39. The highest BCUT2D eigenvalue weighted by molar-refractivity contribution is 6.31. The summed E-state index contributed by atoms with van der Waals surface area (Å²) in [7, 11) is 0. The summed E-state index contributed by atoms with van der Waals surface area (Å²) in [5.74, 6) is 0. The predicted octanol–water partition coefficient (Wildman–Crippen LogP) is 5.54. The van der Waals surface area contributed by atoms with E-state index in [2.05, 4.69) is 57.9 Å². The molecule has 4 nitrogen and oxygen atoms in total. The van der Waals surface area contributed by atoms with Gasteiger partial charge in [0.1, 0.15) is 0 Å². The maximum atomic E-state index is 6.10. The molecule has 0 aliphatic heterocycles. The van der Waals surface area contributed by atoms with Crippen molar-refractivity contribution in [2.24, 2.45) is 0 Å². The fourth-order valence-electron chi connectivity index (χ4n) is 4.22. The van der Waals surface area contributed by atoms with E-state index in [1.54, 1.807) is 0 Å². The van der Waals surface area contributed by atoms with Crippen LogP contribution in [0.1, 0.15) is 43.5 Å². The van der Waals surface area contributed by atoms with Gasteiger partial charge in [-0.25, -0.2) is 0 Å². The van der Waals surface area contributed by atoms with Crippen molar-refractivity contribution in [1.29, 1.82) is 0 Å². The standard InChI is InChI=1S/C24H29ClN4/c1-17-4-2-5-20(28-17)6-3-14-26-19-8-10-21(11-9-19)29-23-13-15-27-24-16-18(25)7-12-22(23)24/h2,4-5,7,12-13,15-16,19,21,26H,3,6,8-11,14H2,1H3,(H,27,29)/t19-,21+. The summed E-state index contributed by atoms with van der Waals surface area (Å²) in [4.78, 5) is 9.02. The van der Waals surface area contributed by atoms with Gasteiger partial charge in [0.25, 0.3) is 0 Å². The molecule has 0 radical (unpaired) electrons. The number of benzene rings is 1. The number of fused-ring (bicyclic) bond motifs is 1. The van der Waals surface area contributed by atoms with Crippen LogP contribution in [0.3, 0.4) is 0 Å². The molecule has 0 saturated heterocycles. The zero-order valence-corrected chi connectivity index (χ0v) is 17.8. The summed E-state index contributed by atoms with van der Waals surface area (Å²) >= 11 is 6.10. The van der Waals surface area contributed by atoms with Crippen molar-refractivity contribution in [2.75, 3.05) is 11.9 Å². The van der Waals surface area contributed by atoms with Gasteiger partial charge in [-0.3, -0.25) is 9.97 Å². The van der Waals surface area contributed by atoms with Crippen LogP contribution in [0.4, 0.5) is 5.69 Å². The number of rotatable bonds is 7. The molecule has 29 heavy (non-hydrogen) atoms. The quantitative estimate of drug-likeness (QED) is 0.504. The van der Waals surface area contributed by atoms with Gasteiger partial charge in [0, 0.05) is 45.8 Å². The summed E-state index contributed by atoms with van der Waals surface area (Å²) in [6, 6.07) is 15.4. The minimum atomic E-state index is 0.519. The molecule has 3 aromatic rings. The van der Waals surface area contributed by atoms with Crippen LogP contribution in [-0.2, 0) is 6.42 Å². The predicted molar refractivity (Wildman–Crippen MR) is 122 cm³/mol. The second kappa shape index (κ2) is 9.55. The molecule has 0 spiro atoms. The number of hydrogen-bond acceptors (Lipinski definition) is 4. The van der Waals surface area contributed by atoms with Crippen molar-refractivity contribution in [3.05, 3.63) is 65.1 Å². The van der Waals surface area contributed by atoms with Crippen LogP contribution in [0, 0.1) is 6.92 Å². The van der Waals surface area contributed by atoms with Gasteiger partial charge in [-0.1, -0.05) is 17.7 Å². The topological polar surface area (TPSA) is 49.8 Å². The number of halogens is 1. The Morgan fingerprint density at radius 1 is 1.03 bits per heavy atom. The Hall–Kier alpha value is -2.17. The van der Waals surface area contributed by atoms with Gasteiger partial charge in [0.15, 0.2) is 0 Å². The Kier molecular flexibility index (Phi) is 6.63. The van der Waals surface area contributed by atoms with Gasteiger partial charge in [0.05, 0.1) is 5.52 Å². The zero-order chi connectivity index (χ0) is 20.1. The van der Waals surface area contributed by atoms with Gasteiger partial charge in [0.2, 0.25) is 0 Å². The van der Waals surface area contributed by atoms with E-state index in [1.165, 1.54) is 31.4 Å². The minimum Gasteiger partial charge on any atom is -0.382 e. The van der Waals surface area contributed by atoms with Gasteiger partial charge in [-0.15, -0.1) is 0 Å². The smallest absolute Gasteiger partial charge is 0.0737 e. The number of hydrogen-bond donors (Lipinski definition) is 2. The van der Waals surface area contributed by atoms with E-state index in [9.17, 15) is 0 Å². The number of pyridine rings is 2. The number of nitrogens with one attached hydrogen (secondary N) is 2. The van der Waals surface area contributed by atoms with E-state index in [1.807, 2.05) is 18.3 Å². The largest absolute Gasteiger partial charge is 0.382 e. The summed E-state index contributed by atoms with van der Waals surface area (Å²) in [5, 5.41) is 9.35. The molecule has 2 heterocycles. The molecule has 0 atom stereocenters.